The van der Waals surface area contributed by atoms with E-state index in [4.69, 9.17) is 21.4 Å². The van der Waals surface area contributed by atoms with E-state index >= 15 is 0 Å². The van der Waals surface area contributed by atoms with Gasteiger partial charge in [-0.05, 0) is 24.1 Å². The second-order valence-corrected chi connectivity index (χ2v) is 3.21. The van der Waals surface area contributed by atoms with E-state index in [1.54, 1.807) is 6.07 Å². The second-order valence-electron chi connectivity index (χ2n) is 2.80. The summed E-state index contributed by atoms with van der Waals surface area (Å²) in [5.41, 5.74) is 0.957. The fourth-order valence-corrected chi connectivity index (χ4v) is 1.46. The van der Waals surface area contributed by atoms with Crippen LogP contribution in [-0.2, 0) is 6.42 Å². The molecule has 3 nitrogen and oxygen atoms in total. The molecule has 0 aliphatic heterocycles. The number of aryl methyl sites for hydroxylation is 1. The van der Waals surface area contributed by atoms with Gasteiger partial charge in [-0.15, -0.1) is 0 Å². The first-order valence-electron chi connectivity index (χ1n) is 4.19. The van der Waals surface area contributed by atoms with Gasteiger partial charge < -0.3 is 9.84 Å². The van der Waals surface area contributed by atoms with Gasteiger partial charge in [0, 0.05) is 0 Å². The van der Waals surface area contributed by atoms with Gasteiger partial charge in [0.1, 0.15) is 5.75 Å². The number of carboxylic acid groups (broad SMARTS) is 1. The van der Waals surface area contributed by atoms with Crippen LogP contribution in [0.25, 0.3) is 0 Å². The van der Waals surface area contributed by atoms with Gasteiger partial charge in [-0.1, -0.05) is 18.5 Å². The van der Waals surface area contributed by atoms with Gasteiger partial charge >= 0.3 is 5.97 Å². The molecule has 0 aliphatic rings. The summed E-state index contributed by atoms with van der Waals surface area (Å²) in [6.45, 7) is 1.93. The molecule has 0 unspecified atom stereocenters. The molecule has 0 amide bonds. The van der Waals surface area contributed by atoms with Crippen molar-refractivity contribution < 1.29 is 14.6 Å². The molecule has 14 heavy (non-hydrogen) atoms. The minimum atomic E-state index is -1.02. The standard InChI is InChI=1S/C10H11ClO3/c1-3-6-4-7(10(12)13)8(11)5-9(6)14-2/h4-5H,3H2,1-2H3,(H,12,13). The highest BCUT2D eigenvalue weighted by molar-refractivity contribution is 6.33. The summed E-state index contributed by atoms with van der Waals surface area (Å²) < 4.78 is 5.07. The van der Waals surface area contributed by atoms with Crippen LogP contribution >= 0.6 is 11.6 Å². The molecule has 0 aliphatic carbocycles. The van der Waals surface area contributed by atoms with Gasteiger partial charge in [-0.2, -0.15) is 0 Å². The average molecular weight is 215 g/mol. The van der Waals surface area contributed by atoms with E-state index in [9.17, 15) is 4.79 Å². The van der Waals surface area contributed by atoms with E-state index in [2.05, 4.69) is 0 Å². The van der Waals surface area contributed by atoms with Gasteiger partial charge in [-0.3, -0.25) is 0 Å². The zero-order valence-corrected chi connectivity index (χ0v) is 8.76. The predicted octanol–water partition coefficient (Wildman–Crippen LogP) is 2.61. The Kier molecular flexibility index (Phi) is 3.36. The van der Waals surface area contributed by atoms with E-state index in [0.717, 1.165) is 5.56 Å². The fraction of sp³-hybridized carbons (Fsp3) is 0.300. The lowest BCUT2D eigenvalue weighted by Crippen LogP contribution is -2.00. The molecule has 0 spiro atoms. The van der Waals surface area contributed by atoms with Crippen molar-refractivity contribution in [2.45, 2.75) is 13.3 Å². The van der Waals surface area contributed by atoms with Gasteiger partial charge in [0.25, 0.3) is 0 Å². The van der Waals surface area contributed by atoms with Gasteiger partial charge in [0.05, 0.1) is 17.7 Å². The number of halogens is 1. The third kappa shape index (κ3) is 1.99. The van der Waals surface area contributed by atoms with E-state index in [1.807, 2.05) is 6.92 Å². The number of carboxylic acids is 1. The summed E-state index contributed by atoms with van der Waals surface area (Å²) >= 11 is 5.77. The Morgan fingerprint density at radius 1 is 1.57 bits per heavy atom. The molecule has 1 aromatic rings. The lowest BCUT2D eigenvalue weighted by molar-refractivity contribution is 0.0697. The third-order valence-electron chi connectivity index (χ3n) is 1.98. The minimum absolute atomic E-state index is 0.115. The van der Waals surface area contributed by atoms with Crippen molar-refractivity contribution in [3.05, 3.63) is 28.3 Å². The predicted molar refractivity (Wildman–Crippen MR) is 54.3 cm³/mol. The number of benzene rings is 1. The van der Waals surface area contributed by atoms with Crippen LogP contribution in [-0.4, -0.2) is 18.2 Å². The highest BCUT2D eigenvalue weighted by atomic mass is 35.5. The van der Waals surface area contributed by atoms with E-state index < -0.39 is 5.97 Å². The summed E-state index contributed by atoms with van der Waals surface area (Å²) in [7, 11) is 1.53. The lowest BCUT2D eigenvalue weighted by Gasteiger charge is -2.08. The molecule has 0 heterocycles. The van der Waals surface area contributed by atoms with Crippen LogP contribution in [0.1, 0.15) is 22.8 Å². The Labute approximate surface area is 87.3 Å². The normalized spacial score (nSPS) is 9.93. The summed E-state index contributed by atoms with van der Waals surface area (Å²) in [6, 6.07) is 3.08. The first-order valence-corrected chi connectivity index (χ1v) is 4.57. The number of hydrogen-bond acceptors (Lipinski definition) is 2. The van der Waals surface area contributed by atoms with Crippen LogP contribution < -0.4 is 4.74 Å². The van der Waals surface area contributed by atoms with Crippen LogP contribution in [0, 0.1) is 0 Å². The van der Waals surface area contributed by atoms with Crippen molar-refractivity contribution in [1.29, 1.82) is 0 Å². The highest BCUT2D eigenvalue weighted by Crippen LogP contribution is 2.27. The largest absolute Gasteiger partial charge is 0.496 e. The monoisotopic (exact) mass is 214 g/mol. The molecule has 0 radical (unpaired) electrons. The van der Waals surface area contributed by atoms with Crippen LogP contribution in [0.2, 0.25) is 5.02 Å². The summed E-state index contributed by atoms with van der Waals surface area (Å²) in [4.78, 5) is 10.8. The molecule has 4 heteroatoms. The molecule has 0 atom stereocenters. The molecule has 1 rings (SSSR count). The number of ether oxygens (including phenoxy) is 1. The van der Waals surface area contributed by atoms with E-state index in [0.29, 0.717) is 12.2 Å². The molecule has 0 saturated heterocycles. The summed E-state index contributed by atoms with van der Waals surface area (Å²) in [5.74, 6) is -0.394. The smallest absolute Gasteiger partial charge is 0.337 e. The highest BCUT2D eigenvalue weighted by Gasteiger charge is 2.12. The summed E-state index contributed by atoms with van der Waals surface area (Å²) in [5, 5.41) is 9.02. The Hall–Kier alpha value is -1.22. The number of rotatable bonds is 3. The van der Waals surface area contributed by atoms with Crippen molar-refractivity contribution in [3.63, 3.8) is 0 Å². The topological polar surface area (TPSA) is 46.5 Å². The average Bonchev–Trinajstić information content (AvgIpc) is 2.16. The van der Waals surface area contributed by atoms with Crippen molar-refractivity contribution in [1.82, 2.24) is 0 Å². The Bertz CT molecular complexity index is 361. The van der Waals surface area contributed by atoms with Crippen molar-refractivity contribution in [2.24, 2.45) is 0 Å². The number of carbonyl (C=O) groups is 1. The lowest BCUT2D eigenvalue weighted by atomic mass is 10.1. The van der Waals surface area contributed by atoms with E-state index in [-0.39, 0.29) is 10.6 Å². The van der Waals surface area contributed by atoms with Crippen LogP contribution in [0.5, 0.6) is 5.75 Å². The first-order chi connectivity index (χ1) is 6.60. The fourth-order valence-electron chi connectivity index (χ4n) is 1.23. The summed E-state index contributed by atoms with van der Waals surface area (Å²) in [6.07, 6.45) is 0.709. The molecule has 1 aromatic carbocycles. The second kappa shape index (κ2) is 4.33. The number of aromatic carboxylic acids is 1. The third-order valence-corrected chi connectivity index (χ3v) is 2.29. The maximum absolute atomic E-state index is 10.8. The van der Waals surface area contributed by atoms with Crippen LogP contribution in [0.3, 0.4) is 0 Å². The Morgan fingerprint density at radius 3 is 2.64 bits per heavy atom. The van der Waals surface area contributed by atoms with Crippen molar-refractivity contribution in [2.75, 3.05) is 7.11 Å². The number of methoxy groups -OCH3 is 1. The molecule has 1 N–H and O–H groups in total. The van der Waals surface area contributed by atoms with Gasteiger partial charge in [-0.25, -0.2) is 4.79 Å². The Morgan fingerprint density at radius 2 is 2.21 bits per heavy atom. The molecule has 0 bridgehead atoms. The SMILES string of the molecule is CCc1cc(C(=O)O)c(Cl)cc1OC. The Balaban J connectivity index is 3.30. The number of hydrogen-bond donors (Lipinski definition) is 1. The molecule has 0 saturated carbocycles. The van der Waals surface area contributed by atoms with Crippen LogP contribution in [0.15, 0.2) is 12.1 Å². The molecule has 0 aromatic heterocycles. The maximum atomic E-state index is 10.8. The zero-order chi connectivity index (χ0) is 10.7. The molecule has 0 fully saturated rings. The molecular weight excluding hydrogens is 204 g/mol. The molecular formula is C10H11ClO3. The van der Waals surface area contributed by atoms with Gasteiger partial charge in [0.2, 0.25) is 0 Å². The van der Waals surface area contributed by atoms with E-state index in [1.165, 1.54) is 13.2 Å². The first kappa shape index (κ1) is 10.9. The molecule has 76 valence electrons. The van der Waals surface area contributed by atoms with Crippen molar-refractivity contribution in [3.8, 4) is 5.75 Å². The van der Waals surface area contributed by atoms with Crippen LogP contribution in [0.4, 0.5) is 0 Å². The zero-order valence-electron chi connectivity index (χ0n) is 8.00. The maximum Gasteiger partial charge on any atom is 0.337 e. The quantitative estimate of drug-likeness (QED) is 0.842. The van der Waals surface area contributed by atoms with Crippen molar-refractivity contribution >= 4 is 17.6 Å². The van der Waals surface area contributed by atoms with Gasteiger partial charge in [0.15, 0.2) is 0 Å². The minimum Gasteiger partial charge on any atom is -0.496 e.